The van der Waals surface area contributed by atoms with Gasteiger partial charge in [0.05, 0.1) is 6.42 Å². The lowest BCUT2D eigenvalue weighted by Crippen LogP contribution is -2.40. The van der Waals surface area contributed by atoms with E-state index in [0.29, 0.717) is 12.5 Å². The Morgan fingerprint density at radius 1 is 1.44 bits per heavy atom. The van der Waals surface area contributed by atoms with Crippen LogP contribution in [0.1, 0.15) is 32.1 Å². The highest BCUT2D eigenvalue weighted by Crippen LogP contribution is 2.17. The van der Waals surface area contributed by atoms with E-state index >= 15 is 0 Å². The van der Waals surface area contributed by atoms with Crippen molar-refractivity contribution in [3.05, 3.63) is 0 Å². The molecule has 1 saturated heterocycles. The van der Waals surface area contributed by atoms with Crippen LogP contribution in [0, 0.1) is 0 Å². The number of piperidine rings is 1. The number of carbonyl (C=O) groups excluding carboxylic acids is 1. The van der Waals surface area contributed by atoms with Gasteiger partial charge in [-0.15, -0.1) is 0 Å². The second-order valence-corrected chi connectivity index (χ2v) is 4.33. The van der Waals surface area contributed by atoms with Gasteiger partial charge in [0.1, 0.15) is 0 Å². The Bertz CT molecular complexity index is 256. The third-order valence-corrected chi connectivity index (χ3v) is 3.00. The van der Waals surface area contributed by atoms with E-state index in [2.05, 4.69) is 10.2 Å². The summed E-state index contributed by atoms with van der Waals surface area (Å²) in [6.07, 6.45) is 3.91. The van der Waals surface area contributed by atoms with Crippen molar-refractivity contribution >= 4 is 11.9 Å². The van der Waals surface area contributed by atoms with Crippen LogP contribution in [0.25, 0.3) is 0 Å². The van der Waals surface area contributed by atoms with Crippen LogP contribution < -0.4 is 5.32 Å². The minimum atomic E-state index is -0.880. The second kappa shape index (κ2) is 6.48. The molecule has 0 saturated carbocycles. The molecular weight excluding hydrogens is 208 g/mol. The summed E-state index contributed by atoms with van der Waals surface area (Å²) in [5.41, 5.74) is 0. The van der Waals surface area contributed by atoms with Crippen molar-refractivity contribution in [2.24, 2.45) is 0 Å². The predicted octanol–water partition coefficient (Wildman–Crippen LogP) is 0.452. The van der Waals surface area contributed by atoms with Crippen molar-refractivity contribution in [2.75, 3.05) is 20.1 Å². The van der Waals surface area contributed by atoms with E-state index in [1.165, 1.54) is 12.8 Å². The van der Waals surface area contributed by atoms with Crippen molar-refractivity contribution in [1.29, 1.82) is 0 Å². The molecule has 0 spiro atoms. The van der Waals surface area contributed by atoms with Gasteiger partial charge in [0.25, 0.3) is 0 Å². The number of hydrogen-bond donors (Lipinski definition) is 2. The second-order valence-electron chi connectivity index (χ2n) is 4.33. The summed E-state index contributed by atoms with van der Waals surface area (Å²) in [5.74, 6) is -0.921. The van der Waals surface area contributed by atoms with Gasteiger partial charge in [0.2, 0.25) is 5.91 Å². The molecular formula is C11H20N2O3. The molecule has 1 aliphatic rings. The number of carboxylic acids is 1. The number of rotatable bonds is 5. The van der Waals surface area contributed by atoms with Gasteiger partial charge in [-0.1, -0.05) is 6.42 Å². The molecule has 0 bridgehead atoms. The topological polar surface area (TPSA) is 69.6 Å². The number of carboxylic acid groups (broad SMARTS) is 1. The number of likely N-dealkylation sites (tertiary alicyclic amines) is 1. The Morgan fingerprint density at radius 3 is 2.81 bits per heavy atom. The molecule has 0 aliphatic carbocycles. The van der Waals surface area contributed by atoms with Gasteiger partial charge in [-0.25, -0.2) is 0 Å². The molecule has 5 heteroatoms. The number of nitrogens with one attached hydrogen (secondary N) is 1. The summed E-state index contributed by atoms with van der Waals surface area (Å²) in [5, 5.41) is 11.1. The predicted molar refractivity (Wildman–Crippen MR) is 60.1 cm³/mol. The van der Waals surface area contributed by atoms with E-state index < -0.39 is 5.97 Å². The first-order chi connectivity index (χ1) is 7.59. The van der Waals surface area contributed by atoms with Crippen LogP contribution in [-0.4, -0.2) is 48.1 Å². The number of amides is 1. The molecule has 1 unspecified atom stereocenters. The fourth-order valence-electron chi connectivity index (χ4n) is 2.00. The first-order valence-electron chi connectivity index (χ1n) is 5.78. The number of nitrogens with zero attached hydrogens (tertiary/aromatic N) is 1. The Balaban J connectivity index is 2.19. The van der Waals surface area contributed by atoms with Crippen LogP contribution in [0.3, 0.4) is 0 Å². The lowest BCUT2D eigenvalue weighted by atomic mass is 10.00. The Kier molecular flexibility index (Phi) is 5.25. The summed E-state index contributed by atoms with van der Waals surface area (Å²) >= 11 is 0. The summed E-state index contributed by atoms with van der Waals surface area (Å²) in [4.78, 5) is 24.0. The van der Waals surface area contributed by atoms with Crippen LogP contribution in [0.15, 0.2) is 0 Å². The molecule has 92 valence electrons. The van der Waals surface area contributed by atoms with E-state index in [-0.39, 0.29) is 18.9 Å². The standard InChI is InChI=1S/C11H20N2O3/c1-13-7-3-2-4-9(13)8-10(14)12-6-5-11(15)16/h9H,2-8H2,1H3,(H,12,14)(H,15,16). The molecule has 1 amide bonds. The minimum Gasteiger partial charge on any atom is -0.481 e. The van der Waals surface area contributed by atoms with Gasteiger partial charge in [0.15, 0.2) is 0 Å². The fourth-order valence-corrected chi connectivity index (χ4v) is 2.00. The maximum Gasteiger partial charge on any atom is 0.305 e. The number of hydrogen-bond acceptors (Lipinski definition) is 3. The molecule has 1 rings (SSSR count). The third kappa shape index (κ3) is 4.61. The first-order valence-corrected chi connectivity index (χ1v) is 5.78. The summed E-state index contributed by atoms with van der Waals surface area (Å²) < 4.78 is 0. The fraction of sp³-hybridized carbons (Fsp3) is 0.818. The van der Waals surface area contributed by atoms with Gasteiger partial charge < -0.3 is 15.3 Å². The smallest absolute Gasteiger partial charge is 0.305 e. The average Bonchev–Trinajstić information content (AvgIpc) is 2.21. The monoisotopic (exact) mass is 228 g/mol. The normalized spacial score (nSPS) is 21.7. The van der Waals surface area contributed by atoms with Crippen LogP contribution in [0.4, 0.5) is 0 Å². The molecule has 1 heterocycles. The summed E-state index contributed by atoms with van der Waals surface area (Å²) in [6.45, 7) is 1.28. The number of carbonyl (C=O) groups is 2. The molecule has 2 N–H and O–H groups in total. The van der Waals surface area contributed by atoms with Gasteiger partial charge in [-0.05, 0) is 26.4 Å². The lowest BCUT2D eigenvalue weighted by molar-refractivity contribution is -0.136. The van der Waals surface area contributed by atoms with Crippen molar-refractivity contribution in [3.8, 4) is 0 Å². The third-order valence-electron chi connectivity index (χ3n) is 3.00. The number of aliphatic carboxylic acids is 1. The molecule has 1 aliphatic heterocycles. The van der Waals surface area contributed by atoms with Crippen molar-refractivity contribution < 1.29 is 14.7 Å². The quantitative estimate of drug-likeness (QED) is 0.717. The van der Waals surface area contributed by atoms with Gasteiger partial charge in [0, 0.05) is 19.0 Å². The zero-order valence-electron chi connectivity index (χ0n) is 9.74. The maximum absolute atomic E-state index is 11.5. The molecule has 0 aromatic rings. The van der Waals surface area contributed by atoms with Gasteiger partial charge in [-0.2, -0.15) is 0 Å². The zero-order chi connectivity index (χ0) is 12.0. The van der Waals surface area contributed by atoms with Crippen molar-refractivity contribution in [3.63, 3.8) is 0 Å². The van der Waals surface area contributed by atoms with Crippen molar-refractivity contribution in [2.45, 2.75) is 38.1 Å². The molecule has 0 aromatic carbocycles. The lowest BCUT2D eigenvalue weighted by Gasteiger charge is -2.31. The van der Waals surface area contributed by atoms with E-state index in [1.807, 2.05) is 7.05 Å². The Labute approximate surface area is 95.8 Å². The molecule has 16 heavy (non-hydrogen) atoms. The molecule has 5 nitrogen and oxygen atoms in total. The summed E-state index contributed by atoms with van der Waals surface area (Å²) in [7, 11) is 2.04. The van der Waals surface area contributed by atoms with E-state index in [1.54, 1.807) is 0 Å². The van der Waals surface area contributed by atoms with Crippen LogP contribution >= 0.6 is 0 Å². The SMILES string of the molecule is CN1CCCCC1CC(=O)NCCC(=O)O. The minimum absolute atomic E-state index is 0.00769. The van der Waals surface area contributed by atoms with Crippen LogP contribution in [0.2, 0.25) is 0 Å². The molecule has 0 aromatic heterocycles. The van der Waals surface area contributed by atoms with Crippen LogP contribution in [-0.2, 0) is 9.59 Å². The van der Waals surface area contributed by atoms with E-state index in [0.717, 1.165) is 13.0 Å². The molecule has 0 radical (unpaired) electrons. The highest BCUT2D eigenvalue weighted by Gasteiger charge is 2.21. The Morgan fingerprint density at radius 2 is 2.19 bits per heavy atom. The first kappa shape index (κ1) is 13.0. The highest BCUT2D eigenvalue weighted by molar-refractivity contribution is 5.77. The van der Waals surface area contributed by atoms with Gasteiger partial charge >= 0.3 is 5.97 Å². The largest absolute Gasteiger partial charge is 0.481 e. The van der Waals surface area contributed by atoms with E-state index in [4.69, 9.17) is 5.11 Å². The summed E-state index contributed by atoms with van der Waals surface area (Å²) in [6, 6.07) is 0.318. The maximum atomic E-state index is 11.5. The van der Waals surface area contributed by atoms with Crippen molar-refractivity contribution in [1.82, 2.24) is 10.2 Å². The average molecular weight is 228 g/mol. The zero-order valence-corrected chi connectivity index (χ0v) is 9.74. The van der Waals surface area contributed by atoms with E-state index in [9.17, 15) is 9.59 Å². The highest BCUT2D eigenvalue weighted by atomic mass is 16.4. The molecule has 1 fully saturated rings. The Hall–Kier alpha value is -1.10. The molecule has 1 atom stereocenters. The van der Waals surface area contributed by atoms with Crippen LogP contribution in [0.5, 0.6) is 0 Å². The van der Waals surface area contributed by atoms with Gasteiger partial charge in [-0.3, -0.25) is 9.59 Å².